The van der Waals surface area contributed by atoms with Crippen molar-refractivity contribution < 1.29 is 14.3 Å². The molecule has 30 heavy (non-hydrogen) atoms. The van der Waals surface area contributed by atoms with Gasteiger partial charge in [-0.15, -0.1) is 0 Å². The van der Waals surface area contributed by atoms with Crippen LogP contribution in [0.25, 0.3) is 6.08 Å². The number of ether oxygens (including phenoxy) is 1. The molecule has 2 aromatic carbocycles. The summed E-state index contributed by atoms with van der Waals surface area (Å²) in [5, 5.41) is 10.4. The monoisotopic (exact) mass is 440 g/mol. The van der Waals surface area contributed by atoms with Gasteiger partial charge in [-0.2, -0.15) is 5.26 Å². The lowest BCUT2D eigenvalue weighted by atomic mass is 9.94. The molecule has 0 radical (unpaired) electrons. The highest BCUT2D eigenvalue weighted by atomic mass is 35.5. The van der Waals surface area contributed by atoms with E-state index in [4.69, 9.17) is 27.9 Å². The average molecular weight is 441 g/mol. The van der Waals surface area contributed by atoms with Crippen LogP contribution in [-0.2, 0) is 16.2 Å². The molecule has 0 bridgehead atoms. The maximum absolute atomic E-state index is 12.7. The molecular weight excluding hydrogens is 423 g/mol. The Morgan fingerprint density at radius 2 is 1.80 bits per heavy atom. The first-order valence-corrected chi connectivity index (χ1v) is 9.97. The van der Waals surface area contributed by atoms with E-state index in [9.17, 15) is 14.9 Å². The van der Waals surface area contributed by atoms with E-state index in [-0.39, 0.29) is 18.7 Å². The number of hydrogen-bond donors (Lipinski definition) is 0. The lowest BCUT2D eigenvalue weighted by molar-refractivity contribution is -0.140. The largest absolute Gasteiger partial charge is 0.489 e. The van der Waals surface area contributed by atoms with Gasteiger partial charge in [0.05, 0.1) is 0 Å². The van der Waals surface area contributed by atoms with Gasteiger partial charge in [0, 0.05) is 27.7 Å². The lowest BCUT2D eigenvalue weighted by Crippen LogP contribution is -2.42. The van der Waals surface area contributed by atoms with Gasteiger partial charge in [0.15, 0.2) is 0 Å². The minimum Gasteiger partial charge on any atom is -0.489 e. The first kappa shape index (κ1) is 21.6. The second-order valence-corrected chi connectivity index (χ2v) is 7.46. The highest BCUT2D eigenvalue weighted by Gasteiger charge is 2.34. The topological polar surface area (TPSA) is 70.4 Å². The zero-order valence-electron chi connectivity index (χ0n) is 16.4. The minimum absolute atomic E-state index is 0.0116. The normalized spacial score (nSPS) is 15.6. The fourth-order valence-electron chi connectivity index (χ4n) is 3.04. The van der Waals surface area contributed by atoms with E-state index in [1.165, 1.54) is 0 Å². The Bertz CT molecular complexity index is 1110. The maximum Gasteiger partial charge on any atom is 0.271 e. The molecule has 0 N–H and O–H groups in total. The van der Waals surface area contributed by atoms with Gasteiger partial charge in [-0.3, -0.25) is 14.5 Å². The van der Waals surface area contributed by atoms with E-state index >= 15 is 0 Å². The molecule has 1 aliphatic rings. The first-order valence-electron chi connectivity index (χ1n) is 9.21. The maximum atomic E-state index is 12.7. The van der Waals surface area contributed by atoms with Crippen LogP contribution in [0.3, 0.4) is 0 Å². The molecule has 0 aromatic heterocycles. The third-order valence-electron chi connectivity index (χ3n) is 4.74. The fourth-order valence-corrected chi connectivity index (χ4v) is 3.51. The van der Waals surface area contributed by atoms with Crippen LogP contribution >= 0.6 is 23.2 Å². The zero-order chi connectivity index (χ0) is 21.8. The van der Waals surface area contributed by atoms with Crippen molar-refractivity contribution in [1.29, 1.82) is 5.26 Å². The summed E-state index contributed by atoms with van der Waals surface area (Å²) in [4.78, 5) is 26.0. The Labute approximate surface area is 184 Å². The van der Waals surface area contributed by atoms with Crippen LogP contribution in [0.15, 0.2) is 59.2 Å². The van der Waals surface area contributed by atoms with Gasteiger partial charge in [-0.05, 0) is 55.3 Å². The molecule has 3 rings (SSSR count). The van der Waals surface area contributed by atoms with Crippen molar-refractivity contribution in [3.05, 3.63) is 80.4 Å². The van der Waals surface area contributed by atoms with Crippen LogP contribution < -0.4 is 4.74 Å². The lowest BCUT2D eigenvalue weighted by Gasteiger charge is -2.26. The van der Waals surface area contributed by atoms with E-state index in [2.05, 4.69) is 0 Å². The van der Waals surface area contributed by atoms with Crippen molar-refractivity contribution in [3.8, 4) is 11.8 Å². The molecule has 0 saturated heterocycles. The molecule has 5 nitrogen and oxygen atoms in total. The van der Waals surface area contributed by atoms with Crippen molar-refractivity contribution in [2.45, 2.75) is 20.5 Å². The molecule has 7 heteroatoms. The Morgan fingerprint density at radius 1 is 1.10 bits per heavy atom. The summed E-state index contributed by atoms with van der Waals surface area (Å²) in [6.45, 7) is 3.80. The molecule has 2 amide bonds. The molecule has 1 heterocycles. The van der Waals surface area contributed by atoms with Gasteiger partial charge in [0.25, 0.3) is 11.8 Å². The molecule has 152 valence electrons. The van der Waals surface area contributed by atoms with Crippen molar-refractivity contribution >= 4 is 41.1 Å². The number of amides is 2. The zero-order valence-corrected chi connectivity index (χ0v) is 17.9. The standard InChI is InChI=1S/C23H18Cl2N2O3/c1-3-27-22(28)19(14(2)20(12-26)23(27)29)10-15-4-8-18(9-5-15)30-13-16-6-7-17(24)11-21(16)25/h4-11H,3,13H2,1-2H3/b19-10+. The molecule has 1 aliphatic heterocycles. The highest BCUT2D eigenvalue weighted by molar-refractivity contribution is 6.35. The Kier molecular flexibility index (Phi) is 6.61. The average Bonchev–Trinajstić information content (AvgIpc) is 2.72. The van der Waals surface area contributed by atoms with Crippen LogP contribution in [-0.4, -0.2) is 23.3 Å². The number of rotatable bonds is 5. The van der Waals surface area contributed by atoms with Crippen molar-refractivity contribution in [3.63, 3.8) is 0 Å². The summed E-state index contributed by atoms with van der Waals surface area (Å²) < 4.78 is 5.76. The molecule has 0 spiro atoms. The molecule has 0 fully saturated rings. The molecular formula is C23H18Cl2N2O3. The Balaban J connectivity index is 1.81. The number of hydrogen-bond acceptors (Lipinski definition) is 4. The van der Waals surface area contributed by atoms with Crippen molar-refractivity contribution in [2.75, 3.05) is 6.54 Å². The molecule has 0 unspecified atom stereocenters. The van der Waals surface area contributed by atoms with Crippen LogP contribution in [0.1, 0.15) is 25.0 Å². The van der Waals surface area contributed by atoms with Crippen LogP contribution in [0.2, 0.25) is 10.0 Å². The fraction of sp³-hybridized carbons (Fsp3) is 0.174. The Hall–Kier alpha value is -3.07. The number of carbonyl (C=O) groups excluding carboxylic acids is 2. The summed E-state index contributed by atoms with van der Waals surface area (Å²) in [6.07, 6.45) is 1.67. The van der Waals surface area contributed by atoms with Gasteiger partial charge in [-0.1, -0.05) is 41.4 Å². The number of imide groups is 1. The second kappa shape index (κ2) is 9.17. The highest BCUT2D eigenvalue weighted by Crippen LogP contribution is 2.28. The van der Waals surface area contributed by atoms with Gasteiger partial charge in [0.2, 0.25) is 0 Å². The third kappa shape index (κ3) is 4.40. The summed E-state index contributed by atoms with van der Waals surface area (Å²) >= 11 is 12.1. The van der Waals surface area contributed by atoms with E-state index in [1.54, 1.807) is 62.4 Å². The number of halogens is 2. The van der Waals surface area contributed by atoms with Crippen molar-refractivity contribution in [1.82, 2.24) is 4.90 Å². The predicted molar refractivity (Wildman–Crippen MR) is 116 cm³/mol. The van der Waals surface area contributed by atoms with Gasteiger partial charge >= 0.3 is 0 Å². The van der Waals surface area contributed by atoms with Crippen LogP contribution in [0.5, 0.6) is 5.75 Å². The molecule has 0 saturated carbocycles. The Morgan fingerprint density at radius 3 is 2.40 bits per heavy atom. The van der Waals surface area contributed by atoms with Gasteiger partial charge < -0.3 is 4.74 Å². The minimum atomic E-state index is -0.552. The van der Waals surface area contributed by atoms with Crippen LogP contribution in [0.4, 0.5) is 0 Å². The third-order valence-corrected chi connectivity index (χ3v) is 5.33. The summed E-state index contributed by atoms with van der Waals surface area (Å²) in [5.41, 5.74) is 2.26. The molecule has 2 aromatic rings. The van der Waals surface area contributed by atoms with E-state index in [0.717, 1.165) is 16.0 Å². The predicted octanol–water partition coefficient (Wildman–Crippen LogP) is 5.18. The van der Waals surface area contributed by atoms with E-state index < -0.39 is 11.8 Å². The van der Waals surface area contributed by atoms with Gasteiger partial charge in [0.1, 0.15) is 24.0 Å². The second-order valence-electron chi connectivity index (χ2n) is 6.62. The number of nitrogens with zero attached hydrogens (tertiary/aromatic N) is 2. The number of benzene rings is 2. The molecule has 0 atom stereocenters. The van der Waals surface area contributed by atoms with E-state index in [1.807, 2.05) is 6.07 Å². The smallest absolute Gasteiger partial charge is 0.271 e. The van der Waals surface area contributed by atoms with E-state index in [0.29, 0.717) is 26.9 Å². The number of likely N-dealkylation sites (N-methyl/N-ethyl adjacent to an activating group) is 1. The quantitative estimate of drug-likeness (QED) is 0.473. The first-order chi connectivity index (χ1) is 14.3. The number of nitriles is 1. The van der Waals surface area contributed by atoms with Crippen molar-refractivity contribution in [2.24, 2.45) is 0 Å². The summed E-state index contributed by atoms with van der Waals surface area (Å²) in [7, 11) is 0. The summed E-state index contributed by atoms with van der Waals surface area (Å²) in [6, 6.07) is 14.3. The number of carbonyl (C=O) groups is 2. The molecule has 0 aliphatic carbocycles. The van der Waals surface area contributed by atoms with Gasteiger partial charge in [-0.25, -0.2) is 0 Å². The van der Waals surface area contributed by atoms with Crippen LogP contribution in [0, 0.1) is 11.3 Å². The SMILES string of the molecule is CCN1C(=O)C(C#N)=C(C)/C(=C\c2ccc(OCc3ccc(Cl)cc3Cl)cc2)C1=O. The summed E-state index contributed by atoms with van der Waals surface area (Å²) in [5.74, 6) is -0.325.